The molecule has 5 nitrogen and oxygen atoms in total. The van der Waals surface area contributed by atoms with E-state index in [9.17, 15) is 18.9 Å². The van der Waals surface area contributed by atoms with Gasteiger partial charge in [-0.3, -0.25) is 15.1 Å². The maximum atomic E-state index is 13.6. The lowest BCUT2D eigenvalue weighted by molar-refractivity contribution is -0.384. The van der Waals surface area contributed by atoms with Gasteiger partial charge in [-0.25, -0.2) is 8.78 Å². The molecule has 7 heteroatoms. The third-order valence-corrected chi connectivity index (χ3v) is 6.25. The third kappa shape index (κ3) is 4.14. The summed E-state index contributed by atoms with van der Waals surface area (Å²) in [6, 6.07) is 19.0. The van der Waals surface area contributed by atoms with Crippen molar-refractivity contribution in [2.24, 2.45) is 11.0 Å². The number of hydrogen-bond donors (Lipinski definition) is 0. The zero-order valence-electron chi connectivity index (χ0n) is 17.7. The zero-order chi connectivity index (χ0) is 22.9. The number of hydrogen-bond acceptors (Lipinski definition) is 4. The molecule has 0 radical (unpaired) electrons. The molecule has 1 saturated carbocycles. The molecular formula is C26H21F2N3O2. The number of nitro benzene ring substituents is 1. The Morgan fingerprint density at radius 1 is 0.939 bits per heavy atom. The maximum absolute atomic E-state index is 13.6. The van der Waals surface area contributed by atoms with E-state index in [0.29, 0.717) is 0 Å². The van der Waals surface area contributed by atoms with Gasteiger partial charge in [-0.2, -0.15) is 5.10 Å². The highest BCUT2D eigenvalue weighted by atomic mass is 19.1. The minimum absolute atomic E-state index is 0.0123. The van der Waals surface area contributed by atoms with Gasteiger partial charge in [0, 0.05) is 18.1 Å². The quantitative estimate of drug-likeness (QED) is 0.333. The van der Waals surface area contributed by atoms with Gasteiger partial charge in [-0.05, 0) is 78.4 Å². The molecule has 33 heavy (non-hydrogen) atoms. The lowest BCUT2D eigenvalue weighted by Crippen LogP contribution is -2.28. The second-order valence-electron chi connectivity index (χ2n) is 8.32. The van der Waals surface area contributed by atoms with Crippen molar-refractivity contribution in [1.29, 1.82) is 0 Å². The summed E-state index contributed by atoms with van der Waals surface area (Å²) in [5.74, 6) is -0.496. The monoisotopic (exact) mass is 445 g/mol. The third-order valence-electron chi connectivity index (χ3n) is 6.25. The predicted octanol–water partition coefficient (Wildman–Crippen LogP) is 6.67. The molecule has 1 aliphatic heterocycles. The van der Waals surface area contributed by atoms with Crippen LogP contribution in [0.3, 0.4) is 0 Å². The first-order valence-electron chi connectivity index (χ1n) is 10.8. The van der Waals surface area contributed by atoms with Crippen molar-refractivity contribution in [3.05, 3.63) is 111 Å². The second kappa shape index (κ2) is 8.58. The van der Waals surface area contributed by atoms with Gasteiger partial charge in [0.05, 0.1) is 22.4 Å². The van der Waals surface area contributed by atoms with E-state index in [1.165, 1.54) is 36.4 Å². The van der Waals surface area contributed by atoms with Gasteiger partial charge in [0.15, 0.2) is 0 Å². The lowest BCUT2D eigenvalue weighted by Gasteiger charge is -2.30. The Hall–Kier alpha value is -3.87. The van der Waals surface area contributed by atoms with Gasteiger partial charge in [0.25, 0.3) is 5.69 Å². The van der Waals surface area contributed by atoms with Gasteiger partial charge in [-0.1, -0.05) is 24.3 Å². The average molecular weight is 445 g/mol. The number of rotatable bonds is 4. The van der Waals surface area contributed by atoms with E-state index < -0.39 is 4.92 Å². The van der Waals surface area contributed by atoms with Crippen molar-refractivity contribution < 1.29 is 13.7 Å². The Morgan fingerprint density at radius 2 is 1.58 bits per heavy atom. The minimum atomic E-state index is -0.430. The van der Waals surface area contributed by atoms with Crippen molar-refractivity contribution in [2.75, 3.05) is 5.01 Å². The molecule has 0 saturated heterocycles. The fourth-order valence-corrected chi connectivity index (χ4v) is 4.70. The number of nitrogens with zero attached hydrogens (tertiary/aromatic N) is 3. The first-order chi connectivity index (χ1) is 16.0. The summed E-state index contributed by atoms with van der Waals surface area (Å²) in [5.41, 5.74) is 4.63. The van der Waals surface area contributed by atoms with E-state index in [4.69, 9.17) is 5.10 Å². The fraction of sp³-hybridized carbons (Fsp3) is 0.192. The summed E-state index contributed by atoms with van der Waals surface area (Å²) in [4.78, 5) is 10.7. The van der Waals surface area contributed by atoms with E-state index in [0.717, 1.165) is 47.4 Å². The Labute approximate surface area is 189 Å². The Kier molecular flexibility index (Phi) is 5.46. The molecule has 1 fully saturated rings. The number of halogens is 2. The second-order valence-corrected chi connectivity index (χ2v) is 8.32. The molecule has 3 aromatic carbocycles. The molecule has 2 aliphatic rings. The van der Waals surface area contributed by atoms with Gasteiger partial charge in [0.2, 0.25) is 0 Å². The molecule has 166 valence electrons. The summed E-state index contributed by atoms with van der Waals surface area (Å²) in [5, 5.41) is 18.0. The number of fused-ring (bicyclic) bond motifs is 1. The van der Waals surface area contributed by atoms with Crippen LogP contribution in [0, 0.1) is 27.7 Å². The molecule has 3 aromatic rings. The van der Waals surface area contributed by atoms with Crippen LogP contribution in [0.1, 0.15) is 36.4 Å². The SMILES string of the molecule is O=[N+]([O-])c1ccc(N2N=C3/C(=C\c4ccc(F)cc4)CCC[C@@H]3[C@@H]2c2ccc(F)cc2)cc1. The van der Waals surface area contributed by atoms with E-state index in [2.05, 4.69) is 0 Å². The molecule has 1 aliphatic carbocycles. The topological polar surface area (TPSA) is 58.7 Å². The summed E-state index contributed by atoms with van der Waals surface area (Å²) >= 11 is 0. The van der Waals surface area contributed by atoms with Crippen molar-refractivity contribution >= 4 is 23.2 Å². The maximum Gasteiger partial charge on any atom is 0.269 e. The van der Waals surface area contributed by atoms with Crippen LogP contribution in [-0.2, 0) is 0 Å². The van der Waals surface area contributed by atoms with E-state index in [1.54, 1.807) is 36.4 Å². The van der Waals surface area contributed by atoms with Crippen LogP contribution in [-0.4, -0.2) is 10.6 Å². The molecule has 0 aromatic heterocycles. The normalized spacial score (nSPS) is 21.1. The van der Waals surface area contributed by atoms with Gasteiger partial charge in [0.1, 0.15) is 11.6 Å². The van der Waals surface area contributed by atoms with Crippen molar-refractivity contribution in [2.45, 2.75) is 25.3 Å². The Bertz CT molecular complexity index is 1240. The molecule has 1 heterocycles. The first kappa shape index (κ1) is 21.0. The number of nitro groups is 1. The van der Waals surface area contributed by atoms with Gasteiger partial charge in [-0.15, -0.1) is 0 Å². The molecule has 0 spiro atoms. The molecule has 0 N–H and O–H groups in total. The van der Waals surface area contributed by atoms with E-state index in [-0.39, 0.29) is 29.3 Å². The standard InChI is InChI=1S/C26H21F2N3O2/c27-20-8-4-17(5-9-20)16-19-2-1-3-24-25(19)29-30(22-12-14-23(15-13-22)31(32)33)26(24)18-6-10-21(28)11-7-18/h4-16,24,26H,1-3H2/b19-16-/t24-,26-/m0/s1. The van der Waals surface area contributed by atoms with Crippen LogP contribution in [0.4, 0.5) is 20.2 Å². The number of benzene rings is 3. The van der Waals surface area contributed by atoms with Crippen molar-refractivity contribution in [1.82, 2.24) is 0 Å². The van der Waals surface area contributed by atoms with Gasteiger partial charge < -0.3 is 0 Å². The van der Waals surface area contributed by atoms with Crippen molar-refractivity contribution in [3.8, 4) is 0 Å². The van der Waals surface area contributed by atoms with Crippen molar-refractivity contribution in [3.63, 3.8) is 0 Å². The van der Waals surface area contributed by atoms with E-state index >= 15 is 0 Å². The largest absolute Gasteiger partial charge is 0.269 e. The van der Waals surface area contributed by atoms with Crippen LogP contribution in [0.5, 0.6) is 0 Å². The van der Waals surface area contributed by atoms with Crippen LogP contribution in [0.25, 0.3) is 6.08 Å². The highest BCUT2D eigenvalue weighted by molar-refractivity contribution is 6.08. The lowest BCUT2D eigenvalue weighted by atomic mass is 9.77. The zero-order valence-corrected chi connectivity index (χ0v) is 17.7. The number of non-ortho nitro benzene ring substituents is 1. The fourth-order valence-electron chi connectivity index (χ4n) is 4.70. The minimum Gasteiger partial charge on any atom is -0.258 e. The molecule has 2 atom stereocenters. The molecule has 0 bridgehead atoms. The summed E-state index contributed by atoms with van der Waals surface area (Å²) < 4.78 is 27.0. The summed E-state index contributed by atoms with van der Waals surface area (Å²) in [6.07, 6.45) is 4.80. The smallest absolute Gasteiger partial charge is 0.258 e. The molecule has 0 amide bonds. The van der Waals surface area contributed by atoms with Crippen LogP contribution in [0.2, 0.25) is 0 Å². The highest BCUT2D eigenvalue weighted by Gasteiger charge is 2.41. The number of hydrazone groups is 1. The average Bonchev–Trinajstić information content (AvgIpc) is 3.22. The molecule has 0 unspecified atom stereocenters. The summed E-state index contributed by atoms with van der Waals surface area (Å²) in [7, 11) is 0. The predicted molar refractivity (Wildman–Crippen MR) is 124 cm³/mol. The van der Waals surface area contributed by atoms with Crippen LogP contribution < -0.4 is 5.01 Å². The Morgan fingerprint density at radius 3 is 2.21 bits per heavy atom. The number of allylic oxidation sites excluding steroid dienone is 1. The van der Waals surface area contributed by atoms with E-state index in [1.807, 2.05) is 11.1 Å². The Balaban J connectivity index is 1.58. The highest BCUT2D eigenvalue weighted by Crippen LogP contribution is 2.46. The summed E-state index contributed by atoms with van der Waals surface area (Å²) in [6.45, 7) is 0. The van der Waals surface area contributed by atoms with Crippen LogP contribution >= 0.6 is 0 Å². The van der Waals surface area contributed by atoms with Gasteiger partial charge >= 0.3 is 0 Å². The molecular weight excluding hydrogens is 424 g/mol. The number of anilines is 1. The molecule has 5 rings (SSSR count). The first-order valence-corrected chi connectivity index (χ1v) is 10.8. The van der Waals surface area contributed by atoms with Crippen LogP contribution in [0.15, 0.2) is 83.5 Å².